The third kappa shape index (κ3) is 1.31. The van der Waals surface area contributed by atoms with Gasteiger partial charge in [0.15, 0.2) is 5.75 Å². The van der Waals surface area contributed by atoms with Crippen molar-refractivity contribution in [3.8, 4) is 23.4 Å². The van der Waals surface area contributed by atoms with Crippen molar-refractivity contribution >= 4 is 0 Å². The van der Waals surface area contributed by atoms with Crippen LogP contribution in [0.25, 0.3) is 0 Å². The van der Waals surface area contributed by atoms with Gasteiger partial charge >= 0.3 is 0 Å². The summed E-state index contributed by atoms with van der Waals surface area (Å²) >= 11 is 0. The Kier molecular flexibility index (Phi) is 2.11. The average Bonchev–Trinajstić information content (AvgIpc) is 2.27. The quantitative estimate of drug-likeness (QED) is 0.656. The smallest absolute Gasteiger partial charge is 0.262 e. The molecule has 1 aliphatic heterocycles. The van der Waals surface area contributed by atoms with E-state index < -0.39 is 0 Å². The number of nitrogens with zero attached hydrogens (tertiary/aromatic N) is 2. The van der Waals surface area contributed by atoms with Crippen LogP contribution in [0.4, 0.5) is 0 Å². The van der Waals surface area contributed by atoms with Crippen LogP contribution in [0.5, 0.6) is 17.4 Å². The minimum absolute atomic E-state index is 0.256. The fourth-order valence-corrected chi connectivity index (χ4v) is 1.21. The maximum Gasteiger partial charge on any atom is 0.262 e. The van der Waals surface area contributed by atoms with Crippen LogP contribution < -0.4 is 14.2 Å². The summed E-state index contributed by atoms with van der Waals surface area (Å²) in [5.74, 6) is 1.27. The van der Waals surface area contributed by atoms with E-state index in [1.54, 1.807) is 0 Å². The van der Waals surface area contributed by atoms with Gasteiger partial charge in [0, 0.05) is 6.07 Å². The molecule has 0 saturated carbocycles. The molecule has 0 spiro atoms. The first-order chi connectivity index (χ1) is 6.85. The van der Waals surface area contributed by atoms with Gasteiger partial charge in [0.1, 0.15) is 25.0 Å². The van der Waals surface area contributed by atoms with E-state index in [9.17, 15) is 0 Å². The van der Waals surface area contributed by atoms with Gasteiger partial charge in [0.25, 0.3) is 5.88 Å². The SMILES string of the molecule is COc1cc(C#N)nc2c1OCCO2. The number of hydrogen-bond donors (Lipinski definition) is 0. The average molecular weight is 192 g/mol. The standard InChI is InChI=1S/C9H8N2O3/c1-12-7-4-6(5-10)11-9-8(7)13-2-3-14-9/h4H,2-3H2,1H3. The van der Waals surface area contributed by atoms with E-state index in [-0.39, 0.29) is 5.69 Å². The topological polar surface area (TPSA) is 64.4 Å². The Morgan fingerprint density at radius 2 is 2.29 bits per heavy atom. The number of nitriles is 1. The zero-order valence-corrected chi connectivity index (χ0v) is 7.61. The molecular weight excluding hydrogens is 184 g/mol. The fourth-order valence-electron chi connectivity index (χ4n) is 1.21. The van der Waals surface area contributed by atoms with Crippen LogP contribution >= 0.6 is 0 Å². The lowest BCUT2D eigenvalue weighted by Crippen LogP contribution is -2.17. The van der Waals surface area contributed by atoms with Gasteiger partial charge in [-0.2, -0.15) is 10.2 Å². The number of hydrogen-bond acceptors (Lipinski definition) is 5. The summed E-state index contributed by atoms with van der Waals surface area (Å²) in [6, 6.07) is 3.45. The molecule has 5 heteroatoms. The van der Waals surface area contributed by atoms with Crippen LogP contribution in [0.2, 0.25) is 0 Å². The summed E-state index contributed by atoms with van der Waals surface area (Å²) in [6.45, 7) is 0.912. The van der Waals surface area contributed by atoms with Crippen LogP contribution in [0, 0.1) is 11.3 Å². The molecule has 5 nitrogen and oxygen atoms in total. The summed E-state index contributed by atoms with van der Waals surface area (Å²) < 4.78 is 15.6. The first-order valence-electron chi connectivity index (χ1n) is 4.10. The van der Waals surface area contributed by atoms with Gasteiger partial charge < -0.3 is 14.2 Å². The van der Waals surface area contributed by atoms with Crippen molar-refractivity contribution in [3.05, 3.63) is 11.8 Å². The van der Waals surface area contributed by atoms with Crippen molar-refractivity contribution < 1.29 is 14.2 Å². The molecule has 1 aliphatic rings. The predicted molar refractivity (Wildman–Crippen MR) is 46.5 cm³/mol. The maximum absolute atomic E-state index is 8.69. The van der Waals surface area contributed by atoms with Gasteiger partial charge in [-0.05, 0) is 0 Å². The Balaban J connectivity index is 2.54. The van der Waals surface area contributed by atoms with Crippen LogP contribution in [0.1, 0.15) is 5.69 Å². The molecule has 14 heavy (non-hydrogen) atoms. The van der Waals surface area contributed by atoms with Crippen molar-refractivity contribution in [2.24, 2.45) is 0 Å². The van der Waals surface area contributed by atoms with Crippen LogP contribution in [-0.4, -0.2) is 25.3 Å². The third-order valence-corrected chi connectivity index (χ3v) is 1.81. The molecule has 0 bridgehead atoms. The molecule has 0 amide bonds. The lowest BCUT2D eigenvalue weighted by atomic mass is 10.3. The summed E-state index contributed by atoms with van der Waals surface area (Å²) in [6.07, 6.45) is 0. The lowest BCUT2D eigenvalue weighted by molar-refractivity contribution is 0.158. The molecule has 1 aromatic heterocycles. The summed E-state index contributed by atoms with van der Waals surface area (Å²) in [7, 11) is 1.51. The zero-order valence-electron chi connectivity index (χ0n) is 7.61. The highest BCUT2D eigenvalue weighted by atomic mass is 16.6. The molecule has 0 N–H and O–H groups in total. The second-order valence-electron chi connectivity index (χ2n) is 2.65. The van der Waals surface area contributed by atoms with Crippen molar-refractivity contribution in [2.45, 2.75) is 0 Å². The lowest BCUT2D eigenvalue weighted by Gasteiger charge is -2.19. The van der Waals surface area contributed by atoms with Crippen LogP contribution in [0.15, 0.2) is 6.07 Å². The largest absolute Gasteiger partial charge is 0.493 e. The van der Waals surface area contributed by atoms with Crippen molar-refractivity contribution in [1.29, 1.82) is 5.26 Å². The molecule has 2 rings (SSSR count). The van der Waals surface area contributed by atoms with E-state index in [1.165, 1.54) is 13.2 Å². The van der Waals surface area contributed by atoms with Gasteiger partial charge in [-0.15, -0.1) is 0 Å². The Labute approximate surface area is 80.8 Å². The van der Waals surface area contributed by atoms with Crippen LogP contribution in [-0.2, 0) is 0 Å². The van der Waals surface area contributed by atoms with Gasteiger partial charge in [-0.1, -0.05) is 0 Å². The van der Waals surface area contributed by atoms with Gasteiger partial charge in [-0.25, -0.2) is 0 Å². The van der Waals surface area contributed by atoms with Crippen molar-refractivity contribution in [1.82, 2.24) is 4.98 Å². The first-order valence-corrected chi connectivity index (χ1v) is 4.10. The minimum Gasteiger partial charge on any atom is -0.493 e. The van der Waals surface area contributed by atoms with Gasteiger partial charge in [-0.3, -0.25) is 0 Å². The molecule has 0 fully saturated rings. The maximum atomic E-state index is 8.69. The highest BCUT2D eigenvalue weighted by molar-refractivity contribution is 5.51. The third-order valence-electron chi connectivity index (χ3n) is 1.81. The molecule has 2 heterocycles. The van der Waals surface area contributed by atoms with Crippen molar-refractivity contribution in [2.75, 3.05) is 20.3 Å². The van der Waals surface area contributed by atoms with E-state index in [0.717, 1.165) is 0 Å². The molecule has 0 saturated heterocycles. The number of methoxy groups -OCH3 is 1. The molecule has 0 aliphatic carbocycles. The second-order valence-corrected chi connectivity index (χ2v) is 2.65. The molecule has 72 valence electrons. The highest BCUT2D eigenvalue weighted by Crippen LogP contribution is 2.37. The van der Waals surface area contributed by atoms with Crippen LogP contribution in [0.3, 0.4) is 0 Å². The Hall–Kier alpha value is -1.96. The van der Waals surface area contributed by atoms with E-state index in [1.807, 2.05) is 6.07 Å². The van der Waals surface area contributed by atoms with Gasteiger partial charge in [0.2, 0.25) is 5.75 Å². The summed E-state index contributed by atoms with van der Waals surface area (Å²) in [4.78, 5) is 3.95. The Morgan fingerprint density at radius 1 is 1.50 bits per heavy atom. The molecule has 0 radical (unpaired) electrons. The predicted octanol–water partition coefficient (Wildman–Crippen LogP) is 0.733. The number of aromatic nitrogens is 1. The second kappa shape index (κ2) is 3.42. The summed E-state index contributed by atoms with van der Waals surface area (Å²) in [5.41, 5.74) is 0.256. The molecule has 1 aromatic rings. The Bertz CT molecular complexity index is 381. The zero-order chi connectivity index (χ0) is 9.97. The van der Waals surface area contributed by atoms with E-state index >= 15 is 0 Å². The molecular formula is C9H8N2O3. The highest BCUT2D eigenvalue weighted by Gasteiger charge is 2.19. The molecule has 0 unspecified atom stereocenters. The summed E-state index contributed by atoms with van der Waals surface area (Å²) in [5, 5.41) is 8.69. The van der Waals surface area contributed by atoms with Gasteiger partial charge in [0.05, 0.1) is 7.11 Å². The van der Waals surface area contributed by atoms with E-state index in [4.69, 9.17) is 19.5 Å². The van der Waals surface area contributed by atoms with E-state index in [0.29, 0.717) is 30.6 Å². The van der Waals surface area contributed by atoms with Crippen molar-refractivity contribution in [3.63, 3.8) is 0 Å². The Morgan fingerprint density at radius 3 is 3.00 bits per heavy atom. The minimum atomic E-state index is 0.256. The van der Waals surface area contributed by atoms with E-state index in [2.05, 4.69) is 4.98 Å². The molecule has 0 aromatic carbocycles. The molecule has 0 atom stereocenters. The monoisotopic (exact) mass is 192 g/mol. The number of rotatable bonds is 1. The number of pyridine rings is 1. The first kappa shape index (κ1) is 8.63. The number of ether oxygens (including phenoxy) is 3. The fraction of sp³-hybridized carbons (Fsp3) is 0.333. The number of fused-ring (bicyclic) bond motifs is 1. The normalized spacial score (nSPS) is 13.1.